The largest absolute Gasteiger partial charge is 0.480 e. The SMILES string of the molecule is COC(=O)CCC(NC(=O)C1CCCCCC1)C(=O)O. The molecule has 1 aliphatic carbocycles. The van der Waals surface area contributed by atoms with E-state index in [1.807, 2.05) is 0 Å². The Morgan fingerprint density at radius 1 is 1.20 bits per heavy atom. The highest BCUT2D eigenvalue weighted by molar-refractivity contribution is 5.85. The quantitative estimate of drug-likeness (QED) is 0.569. The standard InChI is InChI=1S/C14H23NO5/c1-20-12(16)9-8-11(14(18)19)15-13(17)10-6-4-2-3-5-7-10/h10-11H,2-9H2,1H3,(H,15,17)(H,18,19). The summed E-state index contributed by atoms with van der Waals surface area (Å²) in [4.78, 5) is 34.3. The summed E-state index contributed by atoms with van der Waals surface area (Å²) in [5.41, 5.74) is 0. The van der Waals surface area contributed by atoms with Crippen molar-refractivity contribution in [3.05, 3.63) is 0 Å². The van der Waals surface area contributed by atoms with Crippen LogP contribution in [0.3, 0.4) is 0 Å². The van der Waals surface area contributed by atoms with Crippen LogP contribution < -0.4 is 5.32 Å². The molecule has 0 radical (unpaired) electrons. The van der Waals surface area contributed by atoms with Gasteiger partial charge in [0.1, 0.15) is 6.04 Å². The van der Waals surface area contributed by atoms with Gasteiger partial charge in [-0.1, -0.05) is 25.7 Å². The van der Waals surface area contributed by atoms with Crippen LogP contribution in [-0.4, -0.2) is 36.1 Å². The van der Waals surface area contributed by atoms with Crippen LogP contribution in [0.2, 0.25) is 0 Å². The summed E-state index contributed by atoms with van der Waals surface area (Å²) in [5.74, 6) is -1.89. The molecule has 1 fully saturated rings. The first kappa shape index (κ1) is 16.5. The predicted molar refractivity (Wildman–Crippen MR) is 72.0 cm³/mol. The van der Waals surface area contributed by atoms with Crippen LogP contribution in [0.15, 0.2) is 0 Å². The van der Waals surface area contributed by atoms with E-state index in [0.29, 0.717) is 0 Å². The normalized spacial score (nSPS) is 17.9. The summed E-state index contributed by atoms with van der Waals surface area (Å²) in [6.07, 6.45) is 5.96. The van der Waals surface area contributed by atoms with Gasteiger partial charge in [-0.2, -0.15) is 0 Å². The van der Waals surface area contributed by atoms with Crippen molar-refractivity contribution in [2.24, 2.45) is 5.92 Å². The monoisotopic (exact) mass is 285 g/mol. The zero-order chi connectivity index (χ0) is 15.0. The molecule has 0 aliphatic heterocycles. The van der Waals surface area contributed by atoms with Crippen LogP contribution >= 0.6 is 0 Å². The maximum absolute atomic E-state index is 12.1. The van der Waals surface area contributed by atoms with Crippen molar-refractivity contribution in [2.45, 2.75) is 57.4 Å². The van der Waals surface area contributed by atoms with Crippen molar-refractivity contribution in [2.75, 3.05) is 7.11 Å². The molecule has 6 heteroatoms. The molecule has 0 aromatic heterocycles. The van der Waals surface area contributed by atoms with Gasteiger partial charge in [-0.3, -0.25) is 9.59 Å². The van der Waals surface area contributed by atoms with E-state index < -0.39 is 18.0 Å². The summed E-state index contributed by atoms with van der Waals surface area (Å²) < 4.78 is 4.47. The third-order valence-electron chi connectivity index (χ3n) is 3.71. The number of aliphatic carboxylic acids is 1. The zero-order valence-electron chi connectivity index (χ0n) is 11.9. The van der Waals surface area contributed by atoms with E-state index in [9.17, 15) is 14.4 Å². The molecule has 0 bridgehead atoms. The Bertz CT molecular complexity index is 347. The van der Waals surface area contributed by atoms with Gasteiger partial charge >= 0.3 is 11.9 Å². The van der Waals surface area contributed by atoms with Gasteiger partial charge in [0.2, 0.25) is 5.91 Å². The van der Waals surface area contributed by atoms with Gasteiger partial charge in [0.15, 0.2) is 0 Å². The summed E-state index contributed by atoms with van der Waals surface area (Å²) in [6.45, 7) is 0. The molecule has 20 heavy (non-hydrogen) atoms. The third kappa shape index (κ3) is 5.59. The molecule has 0 aromatic rings. The topological polar surface area (TPSA) is 92.7 Å². The van der Waals surface area contributed by atoms with Gasteiger partial charge in [-0.15, -0.1) is 0 Å². The average Bonchev–Trinajstić information content (AvgIpc) is 2.71. The van der Waals surface area contributed by atoms with Crippen molar-refractivity contribution in [1.29, 1.82) is 0 Å². The summed E-state index contributed by atoms with van der Waals surface area (Å²) in [7, 11) is 1.25. The van der Waals surface area contributed by atoms with Gasteiger partial charge in [0.25, 0.3) is 0 Å². The van der Waals surface area contributed by atoms with Gasteiger partial charge in [-0.05, 0) is 19.3 Å². The number of hydrogen-bond acceptors (Lipinski definition) is 4. The average molecular weight is 285 g/mol. The lowest BCUT2D eigenvalue weighted by molar-refractivity contribution is -0.144. The molecule has 1 rings (SSSR count). The summed E-state index contributed by atoms with van der Waals surface area (Å²) in [5, 5.41) is 11.6. The molecule has 0 saturated heterocycles. The van der Waals surface area contributed by atoms with Gasteiger partial charge in [0, 0.05) is 12.3 Å². The minimum atomic E-state index is -1.11. The Labute approximate surface area is 118 Å². The number of ether oxygens (including phenoxy) is 1. The lowest BCUT2D eigenvalue weighted by atomic mass is 9.98. The molecule has 2 N–H and O–H groups in total. The number of esters is 1. The fraction of sp³-hybridized carbons (Fsp3) is 0.786. The van der Waals surface area contributed by atoms with Crippen molar-refractivity contribution in [1.82, 2.24) is 5.32 Å². The molecule has 1 unspecified atom stereocenters. The molecule has 114 valence electrons. The molecular weight excluding hydrogens is 262 g/mol. The number of hydrogen-bond donors (Lipinski definition) is 2. The first-order valence-electron chi connectivity index (χ1n) is 7.14. The molecule has 1 amide bonds. The Hall–Kier alpha value is -1.59. The van der Waals surface area contributed by atoms with Gasteiger partial charge in [0.05, 0.1) is 7.11 Å². The van der Waals surface area contributed by atoms with E-state index in [1.165, 1.54) is 7.11 Å². The molecule has 6 nitrogen and oxygen atoms in total. The van der Waals surface area contributed by atoms with Crippen molar-refractivity contribution in [3.8, 4) is 0 Å². The Kier molecular flexibility index (Phi) is 7.04. The Morgan fingerprint density at radius 2 is 1.80 bits per heavy atom. The van der Waals surface area contributed by atoms with E-state index in [-0.39, 0.29) is 24.7 Å². The number of methoxy groups -OCH3 is 1. The maximum Gasteiger partial charge on any atom is 0.326 e. The van der Waals surface area contributed by atoms with Crippen molar-refractivity contribution < 1.29 is 24.2 Å². The molecule has 1 aliphatic rings. The second kappa shape index (κ2) is 8.55. The predicted octanol–water partition coefficient (Wildman–Crippen LogP) is 1.48. The van der Waals surface area contributed by atoms with Crippen molar-refractivity contribution in [3.63, 3.8) is 0 Å². The second-order valence-electron chi connectivity index (χ2n) is 5.20. The van der Waals surface area contributed by atoms with E-state index in [2.05, 4.69) is 10.1 Å². The Balaban J connectivity index is 2.49. The minimum Gasteiger partial charge on any atom is -0.480 e. The van der Waals surface area contributed by atoms with E-state index in [4.69, 9.17) is 5.11 Å². The van der Waals surface area contributed by atoms with E-state index in [1.54, 1.807) is 0 Å². The smallest absolute Gasteiger partial charge is 0.326 e. The second-order valence-corrected chi connectivity index (χ2v) is 5.20. The van der Waals surface area contributed by atoms with E-state index >= 15 is 0 Å². The number of nitrogens with one attached hydrogen (secondary N) is 1. The highest BCUT2D eigenvalue weighted by Gasteiger charge is 2.26. The number of carboxylic acids is 1. The van der Waals surface area contributed by atoms with Crippen LogP contribution in [-0.2, 0) is 19.1 Å². The first-order valence-corrected chi connectivity index (χ1v) is 7.14. The molecule has 0 heterocycles. The molecule has 0 spiro atoms. The minimum absolute atomic E-state index is 0.0155. The number of rotatable bonds is 6. The Morgan fingerprint density at radius 3 is 2.30 bits per heavy atom. The molecule has 1 saturated carbocycles. The van der Waals surface area contributed by atoms with Crippen molar-refractivity contribution >= 4 is 17.8 Å². The van der Waals surface area contributed by atoms with Crippen LogP contribution in [0, 0.1) is 5.92 Å². The van der Waals surface area contributed by atoms with Crippen LogP contribution in [0.1, 0.15) is 51.4 Å². The maximum atomic E-state index is 12.1. The number of carbonyl (C=O) groups excluding carboxylic acids is 2. The summed E-state index contributed by atoms with van der Waals surface area (Å²) >= 11 is 0. The lowest BCUT2D eigenvalue weighted by Gasteiger charge is -2.18. The molecule has 1 atom stereocenters. The van der Waals surface area contributed by atoms with Gasteiger partial charge in [-0.25, -0.2) is 4.79 Å². The number of amides is 1. The number of carbonyl (C=O) groups is 3. The highest BCUT2D eigenvalue weighted by Crippen LogP contribution is 2.23. The van der Waals surface area contributed by atoms with Crippen LogP contribution in [0.25, 0.3) is 0 Å². The fourth-order valence-corrected chi connectivity index (χ4v) is 2.45. The lowest BCUT2D eigenvalue weighted by Crippen LogP contribution is -2.43. The number of carboxylic acid groups (broad SMARTS) is 1. The first-order chi connectivity index (χ1) is 9.54. The van der Waals surface area contributed by atoms with Gasteiger partial charge < -0.3 is 15.2 Å². The van der Waals surface area contributed by atoms with Crippen LogP contribution in [0.5, 0.6) is 0 Å². The zero-order valence-corrected chi connectivity index (χ0v) is 11.9. The molecule has 0 aromatic carbocycles. The summed E-state index contributed by atoms with van der Waals surface area (Å²) in [6, 6.07) is -1.02. The highest BCUT2D eigenvalue weighted by atomic mass is 16.5. The fourth-order valence-electron chi connectivity index (χ4n) is 2.45. The third-order valence-corrected chi connectivity index (χ3v) is 3.71. The van der Waals surface area contributed by atoms with Crippen LogP contribution in [0.4, 0.5) is 0 Å². The van der Waals surface area contributed by atoms with E-state index in [0.717, 1.165) is 38.5 Å². The molecular formula is C14H23NO5.